The number of hydrogen-bond donors (Lipinski definition) is 1. The minimum absolute atomic E-state index is 0. The van der Waals surface area contributed by atoms with Crippen LogP contribution in [0.5, 0.6) is 5.75 Å². The fourth-order valence-corrected chi connectivity index (χ4v) is 4.54. The maximum atomic E-state index is 12.9. The molecular formula is C17H27ClN2O4S. The van der Waals surface area contributed by atoms with Crippen LogP contribution in [0.15, 0.2) is 24.3 Å². The highest BCUT2D eigenvalue weighted by atomic mass is 35.5. The molecule has 1 amide bonds. The van der Waals surface area contributed by atoms with Crippen LogP contribution in [0.3, 0.4) is 0 Å². The number of rotatable bonds is 6. The van der Waals surface area contributed by atoms with E-state index in [-0.39, 0.29) is 18.3 Å². The first-order valence-electron chi connectivity index (χ1n) is 8.18. The molecule has 1 fully saturated rings. The molecule has 1 aromatic rings. The molecule has 1 aliphatic heterocycles. The molecule has 0 atom stereocenters. The number of amides is 1. The lowest BCUT2D eigenvalue weighted by Crippen LogP contribution is -2.57. The van der Waals surface area contributed by atoms with Gasteiger partial charge in [-0.15, -0.1) is 12.4 Å². The Morgan fingerprint density at radius 3 is 2.28 bits per heavy atom. The van der Waals surface area contributed by atoms with Crippen molar-refractivity contribution in [2.45, 2.75) is 31.1 Å². The molecule has 1 aromatic carbocycles. The van der Waals surface area contributed by atoms with Gasteiger partial charge in [0.25, 0.3) is 0 Å². The van der Waals surface area contributed by atoms with Crippen LogP contribution in [0.2, 0.25) is 0 Å². The first kappa shape index (κ1) is 21.7. The predicted octanol–water partition coefficient (Wildman–Crippen LogP) is 1.63. The quantitative estimate of drug-likeness (QED) is 0.799. The summed E-state index contributed by atoms with van der Waals surface area (Å²) >= 11 is 0. The Morgan fingerprint density at radius 1 is 1.24 bits per heavy atom. The minimum Gasteiger partial charge on any atom is -0.494 e. The van der Waals surface area contributed by atoms with Crippen LogP contribution in [0.4, 0.5) is 0 Å². The third-order valence-electron chi connectivity index (χ3n) is 4.51. The number of hydrogen-bond acceptors (Lipinski definition) is 5. The summed E-state index contributed by atoms with van der Waals surface area (Å²) in [5.74, 6) is 0.460. The molecule has 142 valence electrons. The van der Waals surface area contributed by atoms with E-state index in [0.717, 1.165) is 11.3 Å². The van der Waals surface area contributed by atoms with E-state index in [9.17, 15) is 13.2 Å². The van der Waals surface area contributed by atoms with Gasteiger partial charge in [-0.05, 0) is 50.6 Å². The summed E-state index contributed by atoms with van der Waals surface area (Å²) in [5, 5.41) is 3.12. The molecule has 0 bridgehead atoms. The van der Waals surface area contributed by atoms with Gasteiger partial charge in [-0.3, -0.25) is 4.79 Å². The van der Waals surface area contributed by atoms with Crippen molar-refractivity contribution in [1.82, 2.24) is 10.2 Å². The molecule has 0 spiro atoms. The van der Waals surface area contributed by atoms with Gasteiger partial charge in [0.1, 0.15) is 5.75 Å². The highest BCUT2D eigenvalue weighted by Crippen LogP contribution is 2.30. The molecule has 2 rings (SSSR count). The van der Waals surface area contributed by atoms with E-state index < -0.39 is 14.6 Å². The molecule has 0 aromatic heterocycles. The van der Waals surface area contributed by atoms with Crippen LogP contribution in [-0.4, -0.2) is 57.0 Å². The zero-order chi connectivity index (χ0) is 17.8. The largest absolute Gasteiger partial charge is 0.494 e. The Morgan fingerprint density at radius 2 is 1.80 bits per heavy atom. The fraction of sp³-hybridized carbons (Fsp3) is 0.588. The zero-order valence-corrected chi connectivity index (χ0v) is 16.6. The van der Waals surface area contributed by atoms with Crippen LogP contribution in [0, 0.1) is 0 Å². The maximum absolute atomic E-state index is 12.9. The summed E-state index contributed by atoms with van der Waals surface area (Å²) in [5.41, 5.74) is 0.937. The number of sulfone groups is 1. The van der Waals surface area contributed by atoms with Crippen molar-refractivity contribution in [2.75, 3.05) is 33.0 Å². The Hall–Kier alpha value is -1.31. The molecule has 8 heteroatoms. The highest BCUT2D eigenvalue weighted by Gasteiger charge is 2.49. The summed E-state index contributed by atoms with van der Waals surface area (Å²) in [6, 6.07) is 7.50. The van der Waals surface area contributed by atoms with Gasteiger partial charge >= 0.3 is 0 Å². The smallest absolute Gasteiger partial charge is 0.244 e. The lowest BCUT2D eigenvalue weighted by atomic mass is 9.95. The van der Waals surface area contributed by atoms with Gasteiger partial charge in [0.15, 0.2) is 14.6 Å². The minimum atomic E-state index is -3.49. The summed E-state index contributed by atoms with van der Waals surface area (Å²) in [6.45, 7) is 3.97. The zero-order valence-electron chi connectivity index (χ0n) is 14.9. The van der Waals surface area contributed by atoms with E-state index in [2.05, 4.69) is 5.32 Å². The number of nitrogens with one attached hydrogen (secondary N) is 1. The van der Waals surface area contributed by atoms with E-state index >= 15 is 0 Å². The van der Waals surface area contributed by atoms with Gasteiger partial charge in [-0.2, -0.15) is 0 Å². The van der Waals surface area contributed by atoms with Crippen LogP contribution >= 0.6 is 12.4 Å². The predicted molar refractivity (Wildman–Crippen MR) is 101 cm³/mol. The number of halogens is 1. The molecule has 25 heavy (non-hydrogen) atoms. The van der Waals surface area contributed by atoms with E-state index in [1.54, 1.807) is 7.05 Å². The standard InChI is InChI=1S/C17H26N2O4S.ClH/c1-4-23-15-7-5-14(6-8-15)13-19(2)16(20)17(24(3,21)22)9-11-18-12-10-17;/h5-8,18H,4,9-13H2,1-3H3;1H. The number of carbonyl (C=O) groups excluding carboxylic acids is 1. The molecule has 6 nitrogen and oxygen atoms in total. The molecule has 0 radical (unpaired) electrons. The van der Waals surface area contributed by atoms with Gasteiger partial charge < -0.3 is 15.0 Å². The Labute approximate surface area is 156 Å². The lowest BCUT2D eigenvalue weighted by Gasteiger charge is -2.37. The van der Waals surface area contributed by atoms with E-state index in [1.165, 1.54) is 11.2 Å². The number of ether oxygens (including phenoxy) is 1. The SMILES string of the molecule is CCOc1ccc(CN(C)C(=O)C2(S(C)(=O)=O)CCNCC2)cc1.Cl. The van der Waals surface area contributed by atoms with Crippen molar-refractivity contribution in [2.24, 2.45) is 0 Å². The first-order valence-corrected chi connectivity index (χ1v) is 10.1. The Kier molecular flexibility index (Phi) is 7.71. The number of piperidine rings is 1. The first-order chi connectivity index (χ1) is 11.3. The van der Waals surface area contributed by atoms with Crippen LogP contribution in [-0.2, 0) is 21.2 Å². The molecule has 1 saturated heterocycles. The fourth-order valence-electron chi connectivity index (χ4n) is 3.13. The summed E-state index contributed by atoms with van der Waals surface area (Å²) in [4.78, 5) is 14.5. The average Bonchev–Trinajstić information content (AvgIpc) is 2.56. The van der Waals surface area contributed by atoms with Crippen molar-refractivity contribution >= 4 is 28.2 Å². The van der Waals surface area contributed by atoms with Crippen LogP contribution in [0.1, 0.15) is 25.3 Å². The molecule has 1 N–H and O–H groups in total. The van der Waals surface area contributed by atoms with Gasteiger partial charge in [0, 0.05) is 19.8 Å². The van der Waals surface area contributed by atoms with Crippen molar-refractivity contribution in [3.63, 3.8) is 0 Å². The topological polar surface area (TPSA) is 75.7 Å². The Balaban J connectivity index is 0.00000312. The van der Waals surface area contributed by atoms with Crippen molar-refractivity contribution in [3.8, 4) is 5.75 Å². The molecule has 1 heterocycles. The third-order valence-corrected chi connectivity index (χ3v) is 6.51. The summed E-state index contributed by atoms with van der Waals surface area (Å²) < 4.78 is 28.8. The Bertz CT molecular complexity index is 670. The van der Waals surface area contributed by atoms with Gasteiger partial charge in [-0.25, -0.2) is 8.42 Å². The van der Waals surface area contributed by atoms with Crippen molar-refractivity contribution in [3.05, 3.63) is 29.8 Å². The number of carbonyl (C=O) groups is 1. The highest BCUT2D eigenvalue weighted by molar-refractivity contribution is 7.92. The second-order valence-corrected chi connectivity index (χ2v) is 8.58. The molecule has 0 unspecified atom stereocenters. The normalized spacial score (nSPS) is 16.6. The summed E-state index contributed by atoms with van der Waals surface area (Å²) in [6.07, 6.45) is 1.80. The van der Waals surface area contributed by atoms with Crippen molar-refractivity contribution in [1.29, 1.82) is 0 Å². The van der Waals surface area contributed by atoms with Crippen LogP contribution in [0.25, 0.3) is 0 Å². The molecular weight excluding hydrogens is 364 g/mol. The van der Waals surface area contributed by atoms with E-state index in [0.29, 0.717) is 39.1 Å². The lowest BCUT2D eigenvalue weighted by molar-refractivity contribution is -0.134. The van der Waals surface area contributed by atoms with Crippen LogP contribution < -0.4 is 10.1 Å². The third kappa shape index (κ3) is 4.86. The van der Waals surface area contributed by atoms with E-state index in [1.807, 2.05) is 31.2 Å². The number of nitrogens with zero attached hydrogens (tertiary/aromatic N) is 1. The second kappa shape index (κ2) is 8.87. The van der Waals surface area contributed by atoms with E-state index in [4.69, 9.17) is 4.74 Å². The van der Waals surface area contributed by atoms with Gasteiger partial charge in [0.2, 0.25) is 5.91 Å². The maximum Gasteiger partial charge on any atom is 0.244 e. The van der Waals surface area contributed by atoms with Crippen molar-refractivity contribution < 1.29 is 17.9 Å². The molecule has 0 aliphatic carbocycles. The monoisotopic (exact) mass is 390 g/mol. The number of benzene rings is 1. The molecule has 1 aliphatic rings. The summed E-state index contributed by atoms with van der Waals surface area (Å²) in [7, 11) is -1.83. The molecule has 0 saturated carbocycles. The van der Waals surface area contributed by atoms with Gasteiger partial charge in [0.05, 0.1) is 6.61 Å². The average molecular weight is 391 g/mol. The van der Waals surface area contributed by atoms with Gasteiger partial charge in [-0.1, -0.05) is 12.1 Å². The second-order valence-electron chi connectivity index (χ2n) is 6.25.